The Morgan fingerprint density at radius 1 is 1.47 bits per heavy atom. The third-order valence-corrected chi connectivity index (χ3v) is 2.20. The van der Waals surface area contributed by atoms with Gasteiger partial charge in [0, 0.05) is 18.8 Å². The van der Waals surface area contributed by atoms with E-state index in [0.29, 0.717) is 0 Å². The van der Waals surface area contributed by atoms with Gasteiger partial charge in [0.25, 0.3) is 0 Å². The van der Waals surface area contributed by atoms with Crippen molar-refractivity contribution in [1.82, 2.24) is 9.97 Å². The Hall–Kier alpha value is -1.09. The number of unbranched alkanes of at least 4 members (excludes halogenated alkanes) is 1. The number of imidazole rings is 1. The topological polar surface area (TPSA) is 83.0 Å². The lowest BCUT2D eigenvalue weighted by Gasteiger charge is -1.97. The molecule has 0 saturated carbocycles. The number of rotatable bonds is 3. The molecule has 0 radical (unpaired) electrons. The Morgan fingerprint density at radius 3 is 2.29 bits per heavy atom. The second kappa shape index (κ2) is 6.60. The second-order valence-electron chi connectivity index (χ2n) is 3.06. The highest BCUT2D eigenvalue weighted by molar-refractivity contribution is 7.86. The van der Waals surface area contributed by atoms with Crippen molar-refractivity contribution in [2.24, 2.45) is 0 Å². The van der Waals surface area contributed by atoms with Gasteiger partial charge in [-0.15, -0.1) is 0 Å². The number of aryl methyl sites for hydroxylation is 1. The molecule has 17 heavy (non-hydrogen) atoms. The van der Waals surface area contributed by atoms with E-state index in [1.165, 1.54) is 12.8 Å². The van der Waals surface area contributed by atoms with Crippen LogP contribution in [0.1, 0.15) is 25.6 Å². The standard InChI is InChI=1S/C7H12N2.CHF3O3S/c1-2-3-4-7-8-5-6-9-7;2-1(3,4)8(5,6)7/h5-6H,2-4H2,1H3,(H,8,9);(H,5,6,7). The molecule has 0 unspecified atom stereocenters. The number of aromatic nitrogens is 2. The van der Waals surface area contributed by atoms with Crippen LogP contribution in [0.2, 0.25) is 0 Å². The second-order valence-corrected chi connectivity index (χ2v) is 4.47. The number of H-pyrrole nitrogens is 1. The summed E-state index contributed by atoms with van der Waals surface area (Å²) in [5.74, 6) is 1.11. The van der Waals surface area contributed by atoms with Crippen LogP contribution in [0.4, 0.5) is 13.2 Å². The molecule has 0 aliphatic rings. The molecule has 100 valence electrons. The molecule has 0 aliphatic heterocycles. The van der Waals surface area contributed by atoms with E-state index in [-0.39, 0.29) is 0 Å². The van der Waals surface area contributed by atoms with Gasteiger partial charge in [-0.2, -0.15) is 21.6 Å². The largest absolute Gasteiger partial charge is 0.522 e. The first-order valence-corrected chi connectivity index (χ1v) is 6.14. The molecule has 9 heteroatoms. The summed E-state index contributed by atoms with van der Waals surface area (Å²) in [4.78, 5) is 7.16. The number of aromatic amines is 1. The summed E-state index contributed by atoms with van der Waals surface area (Å²) in [6, 6.07) is 0. The van der Waals surface area contributed by atoms with Crippen LogP contribution in [0.25, 0.3) is 0 Å². The number of hydrogen-bond donors (Lipinski definition) is 2. The van der Waals surface area contributed by atoms with Crippen LogP contribution in [-0.2, 0) is 16.5 Å². The van der Waals surface area contributed by atoms with Gasteiger partial charge in [0.15, 0.2) is 0 Å². The minimum Gasteiger partial charge on any atom is -0.349 e. The highest BCUT2D eigenvalue weighted by Crippen LogP contribution is 2.20. The molecule has 0 bridgehead atoms. The van der Waals surface area contributed by atoms with Gasteiger partial charge >= 0.3 is 15.6 Å². The van der Waals surface area contributed by atoms with Crippen LogP contribution in [0, 0.1) is 0 Å². The molecule has 0 aromatic carbocycles. The maximum atomic E-state index is 10.7. The van der Waals surface area contributed by atoms with E-state index >= 15 is 0 Å². The summed E-state index contributed by atoms with van der Waals surface area (Å²) in [5.41, 5.74) is -5.53. The third kappa shape index (κ3) is 6.95. The molecular formula is C8H13F3N2O3S. The monoisotopic (exact) mass is 274 g/mol. The van der Waals surface area contributed by atoms with E-state index < -0.39 is 15.6 Å². The van der Waals surface area contributed by atoms with Crippen molar-refractivity contribution >= 4 is 10.1 Å². The maximum absolute atomic E-state index is 10.7. The Kier molecular flexibility index (Phi) is 6.18. The number of nitrogens with zero attached hydrogens (tertiary/aromatic N) is 1. The molecule has 0 saturated heterocycles. The zero-order valence-corrected chi connectivity index (χ0v) is 9.85. The van der Waals surface area contributed by atoms with Gasteiger partial charge in [-0.25, -0.2) is 4.98 Å². The molecule has 1 aromatic rings. The first-order chi connectivity index (χ1) is 7.68. The van der Waals surface area contributed by atoms with E-state index in [9.17, 15) is 13.2 Å². The Morgan fingerprint density at radius 2 is 2.00 bits per heavy atom. The lowest BCUT2D eigenvalue weighted by atomic mass is 10.2. The fraction of sp³-hybridized carbons (Fsp3) is 0.625. The number of hydrogen-bond acceptors (Lipinski definition) is 3. The Bertz CT molecular complexity index is 400. The quantitative estimate of drug-likeness (QED) is 0.653. The molecule has 1 heterocycles. The molecule has 5 nitrogen and oxygen atoms in total. The minimum atomic E-state index is -5.84. The fourth-order valence-corrected chi connectivity index (χ4v) is 0.779. The zero-order chi connectivity index (χ0) is 13.5. The van der Waals surface area contributed by atoms with Crippen LogP contribution in [0.15, 0.2) is 12.4 Å². The molecular weight excluding hydrogens is 261 g/mol. The van der Waals surface area contributed by atoms with E-state index in [1.54, 1.807) is 6.20 Å². The van der Waals surface area contributed by atoms with Crippen molar-refractivity contribution in [3.05, 3.63) is 18.2 Å². The number of alkyl halides is 3. The van der Waals surface area contributed by atoms with Gasteiger partial charge in [-0.3, -0.25) is 4.55 Å². The highest BCUT2D eigenvalue weighted by atomic mass is 32.2. The van der Waals surface area contributed by atoms with Crippen molar-refractivity contribution in [2.45, 2.75) is 31.7 Å². The van der Waals surface area contributed by atoms with E-state index in [0.717, 1.165) is 12.2 Å². The van der Waals surface area contributed by atoms with Gasteiger partial charge in [-0.05, 0) is 6.42 Å². The van der Waals surface area contributed by atoms with Crippen molar-refractivity contribution < 1.29 is 26.1 Å². The molecule has 0 aliphatic carbocycles. The molecule has 0 fully saturated rings. The molecule has 0 atom stereocenters. The normalized spacial score (nSPS) is 11.8. The Balaban J connectivity index is 0.000000304. The smallest absolute Gasteiger partial charge is 0.349 e. The summed E-state index contributed by atoms with van der Waals surface area (Å²) in [7, 11) is -5.84. The molecule has 0 spiro atoms. The van der Waals surface area contributed by atoms with Crippen molar-refractivity contribution in [3.63, 3.8) is 0 Å². The predicted molar refractivity (Wildman–Crippen MR) is 54.8 cm³/mol. The fourth-order valence-electron chi connectivity index (χ4n) is 0.779. The van der Waals surface area contributed by atoms with Gasteiger partial charge in [0.2, 0.25) is 0 Å². The van der Waals surface area contributed by atoms with Crippen LogP contribution in [0.3, 0.4) is 0 Å². The van der Waals surface area contributed by atoms with Crippen LogP contribution in [-0.4, -0.2) is 28.4 Å². The highest BCUT2D eigenvalue weighted by Gasteiger charge is 2.44. The summed E-state index contributed by atoms with van der Waals surface area (Å²) in [6.45, 7) is 2.18. The van der Waals surface area contributed by atoms with Crippen LogP contribution in [0.5, 0.6) is 0 Å². The first-order valence-electron chi connectivity index (χ1n) is 4.70. The van der Waals surface area contributed by atoms with E-state index in [1.807, 2.05) is 6.20 Å². The maximum Gasteiger partial charge on any atom is 0.522 e. The van der Waals surface area contributed by atoms with E-state index in [2.05, 4.69) is 16.9 Å². The average molecular weight is 274 g/mol. The van der Waals surface area contributed by atoms with Gasteiger partial charge in [0.1, 0.15) is 5.82 Å². The summed E-state index contributed by atoms with van der Waals surface area (Å²) in [6.07, 6.45) is 7.22. The summed E-state index contributed by atoms with van der Waals surface area (Å²) < 4.78 is 57.5. The molecule has 1 rings (SSSR count). The minimum absolute atomic E-state index is 1.09. The Labute approximate surface area is 96.8 Å². The van der Waals surface area contributed by atoms with Crippen molar-refractivity contribution in [1.29, 1.82) is 0 Å². The lowest BCUT2D eigenvalue weighted by Crippen LogP contribution is -2.21. The van der Waals surface area contributed by atoms with Crippen molar-refractivity contribution in [2.75, 3.05) is 0 Å². The zero-order valence-electron chi connectivity index (χ0n) is 9.03. The molecule has 2 N–H and O–H groups in total. The predicted octanol–water partition coefficient (Wildman–Crippen LogP) is 2.15. The van der Waals surface area contributed by atoms with Gasteiger partial charge in [0.05, 0.1) is 0 Å². The van der Waals surface area contributed by atoms with E-state index in [4.69, 9.17) is 13.0 Å². The number of nitrogens with one attached hydrogen (secondary N) is 1. The van der Waals surface area contributed by atoms with Crippen molar-refractivity contribution in [3.8, 4) is 0 Å². The average Bonchev–Trinajstić information content (AvgIpc) is 2.64. The molecule has 0 amide bonds. The van der Waals surface area contributed by atoms with Gasteiger partial charge < -0.3 is 4.98 Å². The van der Waals surface area contributed by atoms with Gasteiger partial charge in [-0.1, -0.05) is 13.3 Å². The summed E-state index contributed by atoms with van der Waals surface area (Å²) >= 11 is 0. The first kappa shape index (κ1) is 15.9. The third-order valence-electron chi connectivity index (χ3n) is 1.61. The number of halogens is 3. The summed E-state index contributed by atoms with van der Waals surface area (Å²) in [5, 5.41) is 0. The lowest BCUT2D eigenvalue weighted by molar-refractivity contribution is -0.0510. The van der Waals surface area contributed by atoms with Crippen LogP contribution < -0.4 is 0 Å². The molecule has 1 aromatic heterocycles. The van der Waals surface area contributed by atoms with Crippen LogP contribution >= 0.6 is 0 Å². The SMILES string of the molecule is CCCCc1ncc[nH]1.O=S(=O)(O)C(F)(F)F.